The van der Waals surface area contributed by atoms with E-state index >= 15 is 0 Å². The van der Waals surface area contributed by atoms with E-state index in [4.69, 9.17) is 46.7 Å². The summed E-state index contributed by atoms with van der Waals surface area (Å²) in [6, 6.07) is 147. The fourth-order valence-corrected chi connectivity index (χ4v) is 19.3. The maximum Gasteiger partial charge on any atom is 0.160 e. The van der Waals surface area contributed by atoms with E-state index in [-0.39, 0.29) is 35.1 Å². The molecule has 0 amide bonds. The molecule has 140 heavy (non-hydrogen) atoms. The largest absolute Gasteiger partial charge is 0.228 e. The van der Waals surface area contributed by atoms with Gasteiger partial charge < -0.3 is 0 Å². The third-order valence-electron chi connectivity index (χ3n) is 24.6. The van der Waals surface area contributed by atoms with Gasteiger partial charge in [0.25, 0.3) is 0 Å². The molecule has 24 aromatic rings. The fraction of sp³-hybridized carbons (Fsp3) is 0.0240. The molecule has 0 N–H and O–H groups in total. The van der Waals surface area contributed by atoms with Crippen LogP contribution in [0.5, 0.6) is 0 Å². The molecular formula is C125H83Br5N10. The zero-order valence-electron chi connectivity index (χ0n) is 80.4. The number of hydrogen-bond donors (Lipinski definition) is 0. The maximum atomic E-state index is 8.32. The first-order valence-electron chi connectivity index (χ1n) is 48.0. The maximum absolute atomic E-state index is 8.32. The van der Waals surface area contributed by atoms with Gasteiger partial charge >= 0.3 is 0 Å². The number of hydrogen-bond acceptors (Lipinski definition) is 10. The molecule has 0 fully saturated rings. The van der Waals surface area contributed by atoms with E-state index in [1.807, 2.05) is 212 Å². The molecule has 25 rings (SSSR count). The van der Waals surface area contributed by atoms with Crippen LogP contribution in [0.25, 0.3) is 212 Å². The van der Waals surface area contributed by atoms with E-state index in [2.05, 4.69) is 322 Å². The molecule has 0 bridgehead atoms. The smallest absolute Gasteiger partial charge is 0.160 e. The second kappa shape index (κ2) is 41.1. The van der Waals surface area contributed by atoms with Crippen molar-refractivity contribution in [2.45, 2.75) is 19.3 Å². The first kappa shape index (κ1) is 85.0. The van der Waals surface area contributed by atoms with Gasteiger partial charge in [-0.2, -0.15) is 0 Å². The molecule has 0 spiro atoms. The van der Waals surface area contributed by atoms with Crippen LogP contribution >= 0.6 is 79.6 Å². The van der Waals surface area contributed by atoms with Crippen LogP contribution in [0, 0.1) is 0 Å². The number of rotatable bonds is 12. The van der Waals surface area contributed by atoms with E-state index < -0.39 is 6.04 Å². The second-order valence-corrected chi connectivity index (χ2v) is 38.6. The summed E-state index contributed by atoms with van der Waals surface area (Å²) in [5, 5.41) is 7.31. The van der Waals surface area contributed by atoms with Crippen molar-refractivity contribution in [3.05, 3.63) is 500 Å². The SMILES string of the molecule is Brc1ccc(-c2nc(-c3cc(-c4ccccc4)cc(-c4ccccc4)c3)c3ccccc3n2)cc1.Brc1ccc(-c2nc(-c3ccc4ccccc4c3)c3ccccc3n2)cc1.Brc1cccc(-c2nc(-c3ccccc3)c3ccccc3n2)c1.CC1(C)c2ccccc2-c2ccc(-c3nc(-c4ccc(Br)cc4)nc4ccccc34)cc21.[2H]c1c([2H])c([2H])c(-c2nc(-c3cccc(Br)c3)nc3ccccc23)c([2H])c1[2H]. The Morgan fingerprint density at radius 2 is 0.493 bits per heavy atom. The predicted octanol–water partition coefficient (Wildman–Crippen LogP) is 35.4. The minimum Gasteiger partial charge on any atom is -0.228 e. The van der Waals surface area contributed by atoms with Crippen molar-refractivity contribution in [1.82, 2.24) is 49.8 Å². The molecule has 15 heteroatoms. The van der Waals surface area contributed by atoms with E-state index in [1.54, 1.807) is 6.07 Å². The number of aromatic nitrogens is 10. The average Bonchev–Trinajstić information content (AvgIpc) is 1.59. The highest BCUT2D eigenvalue weighted by Gasteiger charge is 2.36. The molecule has 0 unspecified atom stereocenters. The van der Waals surface area contributed by atoms with Crippen molar-refractivity contribution in [3.8, 4) is 147 Å². The van der Waals surface area contributed by atoms with Gasteiger partial charge in [-0.05, 0) is 177 Å². The molecule has 0 radical (unpaired) electrons. The summed E-state index contributed by atoms with van der Waals surface area (Å²) in [5.41, 5.74) is 27.8. The highest BCUT2D eigenvalue weighted by Crippen LogP contribution is 2.50. The number of nitrogens with zero attached hydrogens (tertiary/aromatic N) is 10. The Balaban J connectivity index is 0.000000107. The van der Waals surface area contributed by atoms with Gasteiger partial charge in [0.05, 0.1) is 62.9 Å². The van der Waals surface area contributed by atoms with Crippen molar-refractivity contribution >= 4 is 145 Å². The van der Waals surface area contributed by atoms with Crippen molar-refractivity contribution in [2.24, 2.45) is 0 Å². The lowest BCUT2D eigenvalue weighted by Gasteiger charge is -2.22. The van der Waals surface area contributed by atoms with E-state index in [0.717, 1.165) is 173 Å². The lowest BCUT2D eigenvalue weighted by molar-refractivity contribution is 0.660. The predicted molar refractivity (Wildman–Crippen MR) is 596 cm³/mol. The van der Waals surface area contributed by atoms with Gasteiger partial charge in [0, 0.05) is 110 Å². The van der Waals surface area contributed by atoms with Crippen LogP contribution in [0.1, 0.15) is 31.8 Å². The summed E-state index contributed by atoms with van der Waals surface area (Å²) >= 11 is 17.5. The normalized spacial score (nSPS) is 12.1. The van der Waals surface area contributed by atoms with Gasteiger partial charge in [-0.25, -0.2) is 49.8 Å². The molecule has 0 saturated heterocycles. The summed E-state index contributed by atoms with van der Waals surface area (Å²) < 4.78 is 45.4. The Labute approximate surface area is 860 Å². The summed E-state index contributed by atoms with van der Waals surface area (Å²) in [6.45, 7) is 4.62. The monoisotopic (exact) mass is 2120 g/mol. The molecule has 1 aliphatic carbocycles. The fourth-order valence-electron chi connectivity index (χ4n) is 17.7. The number of benzene rings is 19. The topological polar surface area (TPSA) is 129 Å². The standard InChI is InChI=1S/C32H21BrN2.C29H21BrN2.C24H15BrN2.2C20H13BrN2/c33-28-17-15-24(16-18-28)32-34-30-14-8-7-13-29(30)31(35-32)27-20-25(22-9-3-1-4-10-22)19-26(21-27)23-11-5-2-6-12-23;1-29(2)24-9-5-3-7-21(24)22-16-13-19(17-25(22)29)27-23-8-4-6-10-26(23)31-28(32-27)18-11-14-20(30)15-12-18;25-20-13-11-17(12-14-20)24-26-22-8-4-3-7-21(22)23(27-24)19-10-9-16-5-1-2-6-18(16)15-19;2*21-16-10-6-9-15(13-16)20-22-18-12-5-4-11-17(18)19(23-20)14-7-2-1-3-8-14/h1-21H;3-17H,1-2H3;1-15H;2*1-13H/i;;;1D,2D,3D,7D,8D;. The quantitative estimate of drug-likeness (QED) is 0.117. The Kier molecular flexibility index (Phi) is 24.9. The molecule has 668 valence electrons. The van der Waals surface area contributed by atoms with Crippen molar-refractivity contribution in [2.75, 3.05) is 0 Å². The Morgan fingerprint density at radius 1 is 0.186 bits per heavy atom. The zero-order chi connectivity index (χ0) is 99.4. The number of halogens is 5. The minimum atomic E-state index is -0.427. The number of fused-ring (bicyclic) bond motifs is 9. The summed E-state index contributed by atoms with van der Waals surface area (Å²) in [4.78, 5) is 48.5. The van der Waals surface area contributed by atoms with Crippen molar-refractivity contribution in [3.63, 3.8) is 0 Å². The van der Waals surface area contributed by atoms with Crippen LogP contribution in [0.2, 0.25) is 0 Å². The lowest BCUT2D eigenvalue weighted by Crippen LogP contribution is -2.14. The lowest BCUT2D eigenvalue weighted by atomic mass is 9.82. The van der Waals surface area contributed by atoms with Crippen LogP contribution in [0.3, 0.4) is 0 Å². The molecule has 0 saturated carbocycles. The molecular weight excluding hydrogens is 2040 g/mol. The second-order valence-electron chi connectivity index (χ2n) is 34.0. The minimum absolute atomic E-state index is 0.0424. The van der Waals surface area contributed by atoms with Crippen molar-refractivity contribution in [1.29, 1.82) is 0 Å². The van der Waals surface area contributed by atoms with Crippen LogP contribution < -0.4 is 0 Å². The van der Waals surface area contributed by atoms with E-state index in [0.29, 0.717) is 22.4 Å². The highest BCUT2D eigenvalue weighted by molar-refractivity contribution is 9.11. The van der Waals surface area contributed by atoms with Gasteiger partial charge in [-0.15, -0.1) is 0 Å². The molecule has 19 aromatic carbocycles. The van der Waals surface area contributed by atoms with Crippen LogP contribution in [-0.2, 0) is 5.41 Å². The third kappa shape index (κ3) is 19.9. The molecule has 10 nitrogen and oxygen atoms in total. The number of para-hydroxylation sites is 5. The Hall–Kier alpha value is -15.5. The Morgan fingerprint density at radius 3 is 0.914 bits per heavy atom. The molecule has 5 heterocycles. The first-order valence-corrected chi connectivity index (χ1v) is 49.5. The molecule has 1 aliphatic rings. The van der Waals surface area contributed by atoms with Gasteiger partial charge in [0.15, 0.2) is 29.1 Å². The van der Waals surface area contributed by atoms with Crippen LogP contribution in [0.15, 0.2) is 489 Å². The van der Waals surface area contributed by atoms with Gasteiger partial charge in [-0.1, -0.05) is 439 Å². The van der Waals surface area contributed by atoms with Gasteiger partial charge in [0.1, 0.15) is 0 Å². The Bertz CT molecular complexity index is 8970. The summed E-state index contributed by atoms with van der Waals surface area (Å²) in [7, 11) is 0. The molecule has 5 aromatic heterocycles. The van der Waals surface area contributed by atoms with Crippen LogP contribution in [0.4, 0.5) is 0 Å². The highest BCUT2D eigenvalue weighted by atomic mass is 79.9. The zero-order valence-corrected chi connectivity index (χ0v) is 83.4. The summed E-state index contributed by atoms with van der Waals surface area (Å²) in [5.74, 6) is 3.36. The van der Waals surface area contributed by atoms with Gasteiger partial charge in [-0.3, -0.25) is 0 Å². The molecule has 0 aliphatic heterocycles. The van der Waals surface area contributed by atoms with Crippen molar-refractivity contribution < 1.29 is 6.85 Å². The molecule has 0 atom stereocenters. The van der Waals surface area contributed by atoms with Gasteiger partial charge in [0.2, 0.25) is 0 Å². The van der Waals surface area contributed by atoms with E-state index in [1.165, 1.54) is 44.2 Å². The average molecular weight is 2130 g/mol. The van der Waals surface area contributed by atoms with E-state index in [9.17, 15) is 0 Å². The van der Waals surface area contributed by atoms with Crippen LogP contribution in [-0.4, -0.2) is 49.8 Å². The summed E-state index contributed by atoms with van der Waals surface area (Å²) in [6.07, 6.45) is 0. The third-order valence-corrected chi connectivity index (χ3v) is 27.1. The first-order chi connectivity index (χ1) is 70.7.